The first-order valence-electron chi connectivity index (χ1n) is 10.0. The number of nitrogens with zero attached hydrogens (tertiary/aromatic N) is 1. The second-order valence-electron chi connectivity index (χ2n) is 7.75. The van der Waals surface area contributed by atoms with Crippen LogP contribution in [-0.4, -0.2) is 29.1 Å². The zero-order valence-corrected chi connectivity index (χ0v) is 16.4. The minimum absolute atomic E-state index is 0.0317. The summed E-state index contributed by atoms with van der Waals surface area (Å²) < 4.78 is 2.13. The molecular formula is C23H28N4O. The van der Waals surface area contributed by atoms with Crippen molar-refractivity contribution in [1.29, 1.82) is 0 Å². The van der Waals surface area contributed by atoms with E-state index in [1.807, 2.05) is 24.5 Å². The predicted molar refractivity (Wildman–Crippen MR) is 113 cm³/mol. The van der Waals surface area contributed by atoms with Gasteiger partial charge in [-0.1, -0.05) is 42.5 Å². The van der Waals surface area contributed by atoms with Crippen molar-refractivity contribution in [2.45, 2.75) is 38.4 Å². The van der Waals surface area contributed by atoms with Gasteiger partial charge in [0.15, 0.2) is 0 Å². The average molecular weight is 377 g/mol. The summed E-state index contributed by atoms with van der Waals surface area (Å²) in [7, 11) is 0. The predicted octanol–water partition coefficient (Wildman–Crippen LogP) is 3.24. The Kier molecular flexibility index (Phi) is 5.46. The third kappa shape index (κ3) is 3.81. The van der Waals surface area contributed by atoms with Gasteiger partial charge in [0, 0.05) is 36.9 Å². The topological polar surface area (TPSA) is 58.1 Å². The maximum Gasteiger partial charge on any atom is 0.222 e. The van der Waals surface area contributed by atoms with E-state index in [-0.39, 0.29) is 11.9 Å². The number of hydrogen-bond acceptors (Lipinski definition) is 3. The monoisotopic (exact) mass is 376 g/mol. The molecule has 146 valence electrons. The summed E-state index contributed by atoms with van der Waals surface area (Å²) >= 11 is 0. The second-order valence-corrected chi connectivity index (χ2v) is 7.75. The van der Waals surface area contributed by atoms with E-state index >= 15 is 0 Å². The van der Waals surface area contributed by atoms with Gasteiger partial charge in [-0.15, -0.1) is 0 Å². The van der Waals surface area contributed by atoms with Crippen molar-refractivity contribution in [1.82, 2.24) is 20.7 Å². The summed E-state index contributed by atoms with van der Waals surface area (Å²) in [6.07, 6.45) is 4.49. The molecule has 0 aliphatic carbocycles. The lowest BCUT2D eigenvalue weighted by molar-refractivity contribution is -0.121. The van der Waals surface area contributed by atoms with Crippen LogP contribution in [0.5, 0.6) is 0 Å². The third-order valence-electron chi connectivity index (χ3n) is 5.91. The Morgan fingerprint density at radius 3 is 2.43 bits per heavy atom. The minimum atomic E-state index is -0.0317. The van der Waals surface area contributed by atoms with E-state index in [1.54, 1.807) is 0 Å². The van der Waals surface area contributed by atoms with Gasteiger partial charge in [0.25, 0.3) is 0 Å². The van der Waals surface area contributed by atoms with Crippen LogP contribution in [-0.2, 0) is 4.79 Å². The van der Waals surface area contributed by atoms with Gasteiger partial charge in [0.1, 0.15) is 0 Å². The highest BCUT2D eigenvalue weighted by Gasteiger charge is 2.30. The normalized spacial score (nSPS) is 23.0. The van der Waals surface area contributed by atoms with Crippen molar-refractivity contribution < 1.29 is 4.79 Å². The number of amides is 1. The summed E-state index contributed by atoms with van der Waals surface area (Å²) in [4.78, 5) is 12.9. The molecule has 3 unspecified atom stereocenters. The number of rotatable bonds is 6. The highest BCUT2D eigenvalue weighted by atomic mass is 16.1. The number of nitrogens with one attached hydrogen (secondary N) is 3. The Morgan fingerprint density at radius 1 is 1.00 bits per heavy atom. The van der Waals surface area contributed by atoms with Gasteiger partial charge in [-0.2, -0.15) is 0 Å². The quantitative estimate of drug-likeness (QED) is 0.619. The van der Waals surface area contributed by atoms with Gasteiger partial charge in [-0.3, -0.25) is 15.6 Å². The number of hydrogen-bond donors (Lipinski definition) is 3. The van der Waals surface area contributed by atoms with Crippen molar-refractivity contribution in [2.75, 3.05) is 6.54 Å². The van der Waals surface area contributed by atoms with Crippen LogP contribution in [0.15, 0.2) is 67.0 Å². The molecule has 1 aliphatic rings. The minimum Gasteiger partial charge on any atom is -0.356 e. The van der Waals surface area contributed by atoms with Crippen LogP contribution in [0, 0.1) is 5.92 Å². The Morgan fingerprint density at radius 2 is 1.68 bits per heavy atom. The highest BCUT2D eigenvalue weighted by Crippen LogP contribution is 2.29. The first kappa shape index (κ1) is 18.7. The van der Waals surface area contributed by atoms with E-state index in [9.17, 15) is 4.79 Å². The van der Waals surface area contributed by atoms with Gasteiger partial charge in [-0.25, -0.2) is 0 Å². The van der Waals surface area contributed by atoms with Crippen LogP contribution in [0.25, 0.3) is 10.8 Å². The van der Waals surface area contributed by atoms with Crippen LogP contribution >= 0.6 is 0 Å². The van der Waals surface area contributed by atoms with E-state index in [1.165, 1.54) is 16.3 Å². The summed E-state index contributed by atoms with van der Waals surface area (Å²) in [6, 6.07) is 19.4. The van der Waals surface area contributed by atoms with Gasteiger partial charge >= 0.3 is 0 Å². The Hall–Kier alpha value is -2.63. The fraction of sp³-hybridized carbons (Fsp3) is 0.348. The fourth-order valence-corrected chi connectivity index (χ4v) is 4.22. The molecule has 5 nitrogen and oxygen atoms in total. The van der Waals surface area contributed by atoms with Crippen molar-refractivity contribution in [2.24, 2.45) is 5.92 Å². The molecule has 5 heteroatoms. The first-order chi connectivity index (χ1) is 13.6. The molecule has 0 bridgehead atoms. The lowest BCUT2D eigenvalue weighted by Crippen LogP contribution is -2.37. The first-order valence-corrected chi connectivity index (χ1v) is 10.0. The maximum absolute atomic E-state index is 12.9. The zero-order valence-electron chi connectivity index (χ0n) is 16.4. The van der Waals surface area contributed by atoms with E-state index in [2.05, 4.69) is 77.0 Å². The van der Waals surface area contributed by atoms with E-state index in [4.69, 9.17) is 0 Å². The van der Waals surface area contributed by atoms with Crippen molar-refractivity contribution in [3.05, 3.63) is 72.6 Å². The molecule has 1 amide bonds. The Bertz CT molecular complexity index is 921. The summed E-state index contributed by atoms with van der Waals surface area (Å²) in [5.74, 6) is 0.462. The number of aromatic nitrogens is 1. The van der Waals surface area contributed by atoms with E-state index < -0.39 is 0 Å². The smallest absolute Gasteiger partial charge is 0.222 e. The Labute approximate surface area is 166 Å². The molecule has 1 aromatic heterocycles. The fourth-order valence-electron chi connectivity index (χ4n) is 4.22. The molecule has 3 aromatic rings. The second kappa shape index (κ2) is 8.17. The Balaban J connectivity index is 1.55. The summed E-state index contributed by atoms with van der Waals surface area (Å²) in [5, 5.41) is 5.56. The maximum atomic E-state index is 12.9. The lowest BCUT2D eigenvalue weighted by Gasteiger charge is -2.23. The molecule has 3 N–H and O–H groups in total. The summed E-state index contributed by atoms with van der Waals surface area (Å²) in [5.41, 5.74) is 7.67. The molecule has 2 aromatic carbocycles. The van der Waals surface area contributed by atoms with E-state index in [0.29, 0.717) is 31.0 Å². The molecule has 2 heterocycles. The number of benzene rings is 2. The molecule has 1 saturated heterocycles. The third-order valence-corrected chi connectivity index (χ3v) is 5.91. The van der Waals surface area contributed by atoms with Crippen molar-refractivity contribution >= 4 is 16.7 Å². The van der Waals surface area contributed by atoms with Gasteiger partial charge in [0.05, 0.1) is 12.5 Å². The SMILES string of the molecule is CC1NNC(C)C1CNC(=O)CC(c1cccc2ccccc12)n1cccc1. The molecule has 28 heavy (non-hydrogen) atoms. The molecule has 1 fully saturated rings. The van der Waals surface area contributed by atoms with Crippen molar-refractivity contribution in [3.8, 4) is 0 Å². The van der Waals surface area contributed by atoms with E-state index in [0.717, 1.165) is 0 Å². The largest absolute Gasteiger partial charge is 0.356 e. The van der Waals surface area contributed by atoms with Crippen LogP contribution in [0.4, 0.5) is 0 Å². The van der Waals surface area contributed by atoms with Crippen LogP contribution in [0.2, 0.25) is 0 Å². The molecule has 4 rings (SSSR count). The molecular weight excluding hydrogens is 348 g/mol. The number of hydrazine groups is 1. The van der Waals surface area contributed by atoms with Crippen LogP contribution in [0.1, 0.15) is 31.9 Å². The number of carbonyl (C=O) groups excluding carboxylic acids is 1. The number of fused-ring (bicyclic) bond motifs is 1. The summed E-state index contributed by atoms with van der Waals surface area (Å²) in [6.45, 7) is 4.97. The van der Waals surface area contributed by atoms with Crippen molar-refractivity contribution in [3.63, 3.8) is 0 Å². The molecule has 3 atom stereocenters. The van der Waals surface area contributed by atoms with Crippen LogP contribution in [0.3, 0.4) is 0 Å². The van der Waals surface area contributed by atoms with Gasteiger partial charge < -0.3 is 9.88 Å². The van der Waals surface area contributed by atoms with Gasteiger partial charge in [-0.05, 0) is 42.3 Å². The molecule has 1 aliphatic heterocycles. The number of carbonyl (C=O) groups is 1. The molecule has 0 spiro atoms. The van der Waals surface area contributed by atoms with Crippen LogP contribution < -0.4 is 16.2 Å². The average Bonchev–Trinajstić information content (AvgIpc) is 3.35. The zero-order chi connectivity index (χ0) is 19.5. The molecule has 0 radical (unpaired) electrons. The van der Waals surface area contributed by atoms with Gasteiger partial charge in [0.2, 0.25) is 5.91 Å². The molecule has 0 saturated carbocycles. The lowest BCUT2D eigenvalue weighted by atomic mass is 9.95. The standard InChI is InChI=1S/C23H28N4O/c1-16-21(17(2)26-25-16)15-24-23(28)14-22(27-12-5-6-13-27)20-11-7-9-18-8-3-4-10-19(18)20/h3-13,16-17,21-22,25-26H,14-15H2,1-2H3,(H,24,28). The highest BCUT2D eigenvalue weighted by molar-refractivity contribution is 5.87.